The fraction of sp³-hybridized carbons (Fsp3) is 0.300. The first kappa shape index (κ1) is 20.9. The van der Waals surface area contributed by atoms with Gasteiger partial charge in [0.1, 0.15) is 5.75 Å². The Bertz CT molecular complexity index is 894. The van der Waals surface area contributed by atoms with Crippen molar-refractivity contribution < 1.29 is 24.4 Å². The number of nitro benzene ring substituents is 1. The summed E-state index contributed by atoms with van der Waals surface area (Å²) in [5.41, 5.74) is 1.45. The molecule has 0 heterocycles. The molecule has 0 spiro atoms. The predicted octanol–water partition coefficient (Wildman–Crippen LogP) is 3.96. The number of nitrogens with one attached hydrogen (secondary N) is 1. The number of carbonyl (C=O) groups is 2. The van der Waals surface area contributed by atoms with Crippen LogP contribution in [0.2, 0.25) is 0 Å². The quantitative estimate of drug-likeness (QED) is 0.497. The van der Waals surface area contributed by atoms with Crippen LogP contribution in [0.25, 0.3) is 0 Å². The number of nitro groups is 1. The van der Waals surface area contributed by atoms with E-state index in [1.165, 1.54) is 25.1 Å². The van der Waals surface area contributed by atoms with E-state index in [0.29, 0.717) is 24.5 Å². The zero-order valence-electron chi connectivity index (χ0n) is 15.7. The molecule has 0 aromatic heterocycles. The van der Waals surface area contributed by atoms with Gasteiger partial charge in [-0.15, -0.1) is 0 Å². The van der Waals surface area contributed by atoms with Crippen molar-refractivity contribution in [1.82, 2.24) is 0 Å². The minimum Gasteiger partial charge on any atom is -0.491 e. The van der Waals surface area contributed by atoms with Crippen LogP contribution in [0.15, 0.2) is 36.4 Å². The summed E-state index contributed by atoms with van der Waals surface area (Å²) in [7, 11) is 0. The highest BCUT2D eigenvalue weighted by Gasteiger charge is 2.19. The Kier molecular flexibility index (Phi) is 7.08. The van der Waals surface area contributed by atoms with Crippen molar-refractivity contribution in [3.63, 3.8) is 0 Å². The predicted molar refractivity (Wildman–Crippen MR) is 104 cm³/mol. The molecule has 2 N–H and O–H groups in total. The van der Waals surface area contributed by atoms with Crippen molar-refractivity contribution >= 4 is 23.3 Å². The number of carbonyl (C=O) groups excluding carboxylic acids is 1. The zero-order chi connectivity index (χ0) is 20.7. The second-order valence-electron chi connectivity index (χ2n) is 6.23. The number of nitrogens with zero attached hydrogens (tertiary/aromatic N) is 1. The van der Waals surface area contributed by atoms with Crippen molar-refractivity contribution in [2.45, 2.75) is 33.1 Å². The molecular formula is C20H22N2O6. The molecule has 0 saturated carbocycles. The number of carboxylic acids is 1. The summed E-state index contributed by atoms with van der Waals surface area (Å²) in [4.78, 5) is 34.1. The van der Waals surface area contributed by atoms with Gasteiger partial charge in [-0.25, -0.2) is 0 Å². The van der Waals surface area contributed by atoms with E-state index in [-0.39, 0.29) is 23.2 Å². The highest BCUT2D eigenvalue weighted by atomic mass is 16.6. The number of hydrogen-bond acceptors (Lipinski definition) is 5. The zero-order valence-corrected chi connectivity index (χ0v) is 15.7. The SMILES string of the molecule is CCCOc1ccc(CCC(=O)O)cc1NC(=O)c1cccc([N+](=O)[O-])c1C. The maximum Gasteiger partial charge on any atom is 0.303 e. The lowest BCUT2D eigenvalue weighted by Crippen LogP contribution is -2.15. The third kappa shape index (κ3) is 5.29. The molecule has 0 aliphatic rings. The van der Waals surface area contributed by atoms with Crippen LogP contribution in [-0.2, 0) is 11.2 Å². The van der Waals surface area contributed by atoms with Crippen LogP contribution in [0, 0.1) is 17.0 Å². The number of benzene rings is 2. The summed E-state index contributed by atoms with van der Waals surface area (Å²) in [6, 6.07) is 9.41. The lowest BCUT2D eigenvalue weighted by Gasteiger charge is -2.14. The van der Waals surface area contributed by atoms with Crippen molar-refractivity contribution in [2.75, 3.05) is 11.9 Å². The first-order chi connectivity index (χ1) is 13.3. The van der Waals surface area contributed by atoms with E-state index in [4.69, 9.17) is 9.84 Å². The normalized spacial score (nSPS) is 10.4. The maximum atomic E-state index is 12.7. The average Bonchev–Trinajstić information content (AvgIpc) is 2.65. The summed E-state index contributed by atoms with van der Waals surface area (Å²) < 4.78 is 5.66. The molecule has 2 aromatic carbocycles. The summed E-state index contributed by atoms with van der Waals surface area (Å²) in [5.74, 6) is -0.959. The number of hydrogen-bond donors (Lipinski definition) is 2. The highest BCUT2D eigenvalue weighted by Crippen LogP contribution is 2.28. The van der Waals surface area contributed by atoms with Crippen LogP contribution in [0.3, 0.4) is 0 Å². The molecule has 0 fully saturated rings. The molecule has 8 heteroatoms. The molecule has 0 aliphatic heterocycles. The summed E-state index contributed by atoms with van der Waals surface area (Å²) in [6.45, 7) is 3.92. The van der Waals surface area contributed by atoms with Crippen LogP contribution in [0.4, 0.5) is 11.4 Å². The molecule has 0 atom stereocenters. The number of carboxylic acid groups (broad SMARTS) is 1. The van der Waals surface area contributed by atoms with Crippen LogP contribution >= 0.6 is 0 Å². The van der Waals surface area contributed by atoms with Crippen LogP contribution in [0.5, 0.6) is 5.75 Å². The van der Waals surface area contributed by atoms with E-state index < -0.39 is 16.8 Å². The Morgan fingerprint density at radius 3 is 2.64 bits per heavy atom. The molecule has 8 nitrogen and oxygen atoms in total. The van der Waals surface area contributed by atoms with Crippen molar-refractivity contribution in [3.05, 3.63) is 63.2 Å². The van der Waals surface area contributed by atoms with Crippen molar-refractivity contribution in [2.24, 2.45) is 0 Å². The van der Waals surface area contributed by atoms with Crippen molar-refractivity contribution in [3.8, 4) is 5.75 Å². The third-order valence-corrected chi connectivity index (χ3v) is 4.13. The Hall–Kier alpha value is -3.42. The summed E-state index contributed by atoms with van der Waals surface area (Å²) >= 11 is 0. The number of aliphatic carboxylic acids is 1. The monoisotopic (exact) mass is 386 g/mol. The summed E-state index contributed by atoms with van der Waals surface area (Å²) in [6.07, 6.45) is 1.05. The van der Waals surface area contributed by atoms with Gasteiger partial charge in [-0.1, -0.05) is 19.1 Å². The minimum atomic E-state index is -0.913. The van der Waals surface area contributed by atoms with Gasteiger partial charge in [-0.05, 0) is 43.5 Å². The topological polar surface area (TPSA) is 119 Å². The van der Waals surface area contributed by atoms with Crippen molar-refractivity contribution in [1.29, 1.82) is 0 Å². The second kappa shape index (κ2) is 9.50. The molecular weight excluding hydrogens is 364 g/mol. The van der Waals surface area contributed by atoms with Gasteiger partial charge in [0.05, 0.1) is 17.2 Å². The number of amides is 1. The minimum absolute atomic E-state index is 0.0352. The summed E-state index contributed by atoms with van der Waals surface area (Å²) in [5, 5.41) is 22.7. The van der Waals surface area contributed by atoms with Gasteiger partial charge in [0.25, 0.3) is 11.6 Å². The van der Waals surface area contributed by atoms with Gasteiger partial charge in [0.2, 0.25) is 0 Å². The molecule has 148 valence electrons. The molecule has 2 rings (SSSR count). The van der Waals surface area contributed by atoms with E-state index in [9.17, 15) is 19.7 Å². The number of rotatable bonds is 9. The van der Waals surface area contributed by atoms with Gasteiger partial charge in [-0.2, -0.15) is 0 Å². The van der Waals surface area contributed by atoms with Gasteiger partial charge in [0, 0.05) is 23.6 Å². The molecule has 0 aliphatic carbocycles. The number of anilines is 1. The highest BCUT2D eigenvalue weighted by molar-refractivity contribution is 6.06. The maximum absolute atomic E-state index is 12.7. The lowest BCUT2D eigenvalue weighted by molar-refractivity contribution is -0.385. The van der Waals surface area contributed by atoms with Crippen LogP contribution < -0.4 is 10.1 Å². The standard InChI is InChI=1S/C20H22N2O6/c1-3-11-28-18-9-7-14(8-10-19(23)24)12-16(18)21-20(25)15-5-4-6-17(13(15)2)22(26)27/h4-7,9,12H,3,8,10-11H2,1-2H3,(H,21,25)(H,23,24). The fourth-order valence-corrected chi connectivity index (χ4v) is 2.68. The number of ether oxygens (including phenoxy) is 1. The molecule has 0 bridgehead atoms. The van der Waals surface area contributed by atoms with E-state index >= 15 is 0 Å². The first-order valence-corrected chi connectivity index (χ1v) is 8.86. The van der Waals surface area contributed by atoms with E-state index in [1.807, 2.05) is 6.92 Å². The van der Waals surface area contributed by atoms with Crippen LogP contribution in [0.1, 0.15) is 41.3 Å². The second-order valence-corrected chi connectivity index (χ2v) is 6.23. The lowest BCUT2D eigenvalue weighted by atomic mass is 10.1. The van der Waals surface area contributed by atoms with Gasteiger partial charge >= 0.3 is 5.97 Å². The van der Waals surface area contributed by atoms with Gasteiger partial charge in [0.15, 0.2) is 0 Å². The van der Waals surface area contributed by atoms with Crippen LogP contribution in [-0.4, -0.2) is 28.5 Å². The Balaban J connectivity index is 2.32. The van der Waals surface area contributed by atoms with E-state index in [0.717, 1.165) is 12.0 Å². The smallest absolute Gasteiger partial charge is 0.303 e. The molecule has 1 amide bonds. The molecule has 28 heavy (non-hydrogen) atoms. The molecule has 2 aromatic rings. The Morgan fingerprint density at radius 2 is 2.00 bits per heavy atom. The Labute approximate surface area is 162 Å². The molecule has 0 radical (unpaired) electrons. The molecule has 0 saturated heterocycles. The van der Waals surface area contributed by atoms with E-state index in [2.05, 4.69) is 5.32 Å². The van der Waals surface area contributed by atoms with Gasteiger partial charge < -0.3 is 15.2 Å². The fourth-order valence-electron chi connectivity index (χ4n) is 2.68. The third-order valence-electron chi connectivity index (χ3n) is 4.13. The first-order valence-electron chi connectivity index (χ1n) is 8.86. The van der Waals surface area contributed by atoms with E-state index in [1.54, 1.807) is 18.2 Å². The molecule has 0 unspecified atom stereocenters. The Morgan fingerprint density at radius 1 is 1.25 bits per heavy atom. The largest absolute Gasteiger partial charge is 0.491 e. The van der Waals surface area contributed by atoms with Gasteiger partial charge in [-0.3, -0.25) is 19.7 Å². The average molecular weight is 386 g/mol. The number of aryl methyl sites for hydroxylation is 1.